The van der Waals surface area contributed by atoms with Crippen molar-refractivity contribution in [1.29, 1.82) is 0 Å². The van der Waals surface area contributed by atoms with Gasteiger partial charge in [-0.25, -0.2) is 4.79 Å². The van der Waals surface area contributed by atoms with E-state index >= 15 is 0 Å². The molecule has 0 spiro atoms. The van der Waals surface area contributed by atoms with E-state index in [9.17, 15) is 59.1 Å². The van der Waals surface area contributed by atoms with Crippen LogP contribution in [-0.2, 0) is 27.7 Å². The first kappa shape index (κ1) is 28.2. The maximum atomic E-state index is 12.3. The summed E-state index contributed by atoms with van der Waals surface area (Å²) < 4.78 is 44.4. The highest BCUT2D eigenvalue weighted by molar-refractivity contribution is 7.70. The largest absolute Gasteiger partial charge is 0.387 e. The minimum absolute atomic E-state index is 0.734. The number of hydrogen-bond acceptors (Lipinski definition) is 14. The van der Waals surface area contributed by atoms with Crippen molar-refractivity contribution in [3.8, 4) is 0 Å². The fraction of sp³-hybridized carbons (Fsp3) is 0.733. The fourth-order valence-corrected chi connectivity index (χ4v) is 6.57. The first-order valence-corrected chi connectivity index (χ1v) is 13.3. The number of ether oxygens (including phenoxy) is 2. The van der Waals surface area contributed by atoms with Crippen molar-refractivity contribution in [2.45, 2.75) is 55.4 Å². The summed E-state index contributed by atoms with van der Waals surface area (Å²) in [5.41, 5.74) is -1.71. The third-order valence-corrected chi connectivity index (χ3v) is 9.02. The highest BCUT2D eigenvalue weighted by Crippen LogP contribution is 2.59. The van der Waals surface area contributed by atoms with Crippen LogP contribution < -0.4 is 11.2 Å². The lowest BCUT2D eigenvalue weighted by atomic mass is 10.0. The molecule has 2 aliphatic rings. The number of aromatic nitrogens is 2. The number of nitrogens with one attached hydrogen (secondary N) is 1. The van der Waals surface area contributed by atoms with Crippen molar-refractivity contribution in [1.82, 2.24) is 9.55 Å². The molecular weight excluding hydrogens is 526 g/mol. The molecule has 18 nitrogen and oxygen atoms in total. The third-order valence-electron chi connectivity index (χ3n) is 5.07. The Labute approximate surface area is 194 Å². The van der Waals surface area contributed by atoms with Gasteiger partial charge in [0.05, 0.1) is 6.61 Å². The topological polar surface area (TPSA) is 288 Å². The molecule has 1 aromatic rings. The molecule has 2 fully saturated rings. The molecule has 0 amide bonds. The van der Waals surface area contributed by atoms with Crippen LogP contribution in [0.25, 0.3) is 0 Å². The lowest BCUT2D eigenvalue weighted by Gasteiger charge is -2.38. The van der Waals surface area contributed by atoms with E-state index < -0.39 is 94.4 Å². The Morgan fingerprint density at radius 1 is 0.914 bits per heavy atom. The first-order chi connectivity index (χ1) is 16.1. The van der Waals surface area contributed by atoms with Crippen LogP contribution in [0.5, 0.6) is 0 Å². The van der Waals surface area contributed by atoms with Crippen molar-refractivity contribution < 1.29 is 68.1 Å². The molecule has 8 unspecified atom stereocenters. The summed E-state index contributed by atoms with van der Waals surface area (Å²) in [6.45, 7) is -0.910. The van der Waals surface area contributed by atoms with Crippen LogP contribution in [0.4, 0.5) is 0 Å². The Hall–Kier alpha value is -1.34. The molecule has 2 saturated heterocycles. The smallest absolute Gasteiger partial charge is 0.342 e. The lowest BCUT2D eigenvalue weighted by molar-refractivity contribution is -0.322. The molecule has 200 valence electrons. The second-order valence-electron chi connectivity index (χ2n) is 7.75. The predicted molar refractivity (Wildman–Crippen MR) is 108 cm³/mol. The number of aliphatic hydroxyl groups excluding tert-OH is 6. The predicted octanol–water partition coefficient (Wildman–Crippen LogP) is -4.73. The van der Waals surface area contributed by atoms with Crippen LogP contribution in [0.15, 0.2) is 21.9 Å². The summed E-state index contributed by atoms with van der Waals surface area (Å²) in [5.74, 6) is -1.57. The van der Waals surface area contributed by atoms with E-state index in [-0.39, 0.29) is 0 Å². The third kappa shape index (κ3) is 6.51. The van der Waals surface area contributed by atoms with E-state index in [0.29, 0.717) is 0 Å². The van der Waals surface area contributed by atoms with Crippen molar-refractivity contribution in [3.63, 3.8) is 0 Å². The van der Waals surface area contributed by atoms with Gasteiger partial charge in [-0.3, -0.25) is 28.0 Å². The Bertz CT molecular complexity index is 1110. The van der Waals surface area contributed by atoms with Crippen molar-refractivity contribution in [2.24, 2.45) is 0 Å². The number of H-pyrrole nitrogens is 1. The van der Waals surface area contributed by atoms with Gasteiger partial charge in [-0.15, -0.1) is 0 Å². The van der Waals surface area contributed by atoms with E-state index in [1.807, 2.05) is 4.98 Å². The monoisotopic (exact) mass is 550 g/mol. The molecule has 0 saturated carbocycles. The molecule has 0 radical (unpaired) electrons. The molecular formula is C15H24N2O16P2. The molecule has 0 bridgehead atoms. The van der Waals surface area contributed by atoms with Gasteiger partial charge in [0.1, 0.15) is 36.6 Å². The van der Waals surface area contributed by atoms with Crippen LogP contribution in [0.1, 0.15) is 6.23 Å². The maximum absolute atomic E-state index is 12.3. The van der Waals surface area contributed by atoms with E-state index in [1.54, 1.807) is 0 Å². The van der Waals surface area contributed by atoms with Gasteiger partial charge in [0.2, 0.25) is 0 Å². The number of aliphatic hydroxyl groups is 6. The summed E-state index contributed by atoms with van der Waals surface area (Å²) in [6, 6.07) is 0.945. The van der Waals surface area contributed by atoms with E-state index in [1.165, 1.54) is 0 Å². The van der Waals surface area contributed by atoms with E-state index in [4.69, 9.17) is 9.26 Å². The Morgan fingerprint density at radius 2 is 1.57 bits per heavy atom. The molecule has 20 heteroatoms. The zero-order valence-electron chi connectivity index (χ0n) is 17.5. The molecule has 0 aromatic carbocycles. The van der Waals surface area contributed by atoms with Crippen LogP contribution in [0, 0.1) is 0 Å². The average Bonchev–Trinajstić information content (AvgIpc) is 3.02. The lowest BCUT2D eigenvalue weighted by Crippen LogP contribution is -2.57. The summed E-state index contributed by atoms with van der Waals surface area (Å²) in [4.78, 5) is 44.8. The molecule has 35 heavy (non-hydrogen) atoms. The summed E-state index contributed by atoms with van der Waals surface area (Å²) in [5, 5.41) is 58.4. The van der Waals surface area contributed by atoms with Gasteiger partial charge in [-0.05, 0) is 0 Å². The molecule has 9 N–H and O–H groups in total. The van der Waals surface area contributed by atoms with Gasteiger partial charge in [-0.1, -0.05) is 0 Å². The SMILES string of the molecule is O=c1ccn(C2O[C@H](COP(=O)(O)CP(=O)(O)OC3OC(O)C(O)C(O)C3O)[C@@H](O)[C@H]2O)c(=O)[nH]1. The molecule has 11 atom stereocenters. The van der Waals surface area contributed by atoms with Gasteiger partial charge in [0, 0.05) is 12.3 Å². The summed E-state index contributed by atoms with van der Waals surface area (Å²) in [6.07, 6.45) is -15.9. The normalized spacial score (nSPS) is 39.1. The van der Waals surface area contributed by atoms with Crippen LogP contribution in [-0.4, -0.2) is 112 Å². The van der Waals surface area contributed by atoms with Crippen molar-refractivity contribution in [2.75, 3.05) is 12.5 Å². The molecule has 1 aromatic heterocycles. The zero-order chi connectivity index (χ0) is 26.3. The number of hydrogen-bond donors (Lipinski definition) is 9. The minimum atomic E-state index is -5.11. The first-order valence-electron chi connectivity index (χ1n) is 9.79. The molecule has 3 rings (SSSR count). The fourth-order valence-electron chi connectivity index (χ4n) is 3.29. The van der Waals surface area contributed by atoms with E-state index in [0.717, 1.165) is 16.8 Å². The standard InChI is InChI=1S/C15H24N2O16P2/c18-6-1-2-17(15(25)16-6)12-9(21)7(19)5(31-12)3-30-34(26,27)4-35(28,29)33-14-11(23)8(20)10(22)13(24)32-14/h1-2,5,7-14,19-24H,3-4H2,(H,26,27)(H,28,29)(H,16,18,25)/t5-,7-,8?,9-,10?,11?,12?,13?,14?/m1/s1. The number of rotatable bonds is 8. The molecule has 2 aliphatic heterocycles. The Kier molecular flexibility index (Phi) is 8.52. The number of nitrogens with zero attached hydrogens (tertiary/aromatic N) is 1. The Morgan fingerprint density at radius 3 is 2.20 bits per heavy atom. The van der Waals surface area contributed by atoms with Crippen LogP contribution >= 0.6 is 15.2 Å². The Balaban J connectivity index is 1.61. The summed E-state index contributed by atoms with van der Waals surface area (Å²) in [7, 11) is -10.1. The summed E-state index contributed by atoms with van der Waals surface area (Å²) >= 11 is 0. The minimum Gasteiger partial charge on any atom is -0.387 e. The van der Waals surface area contributed by atoms with Crippen molar-refractivity contribution >= 4 is 15.2 Å². The van der Waals surface area contributed by atoms with Gasteiger partial charge in [-0.2, -0.15) is 0 Å². The zero-order valence-corrected chi connectivity index (χ0v) is 19.2. The van der Waals surface area contributed by atoms with Crippen molar-refractivity contribution in [3.05, 3.63) is 33.1 Å². The number of aromatic amines is 1. The molecule has 3 heterocycles. The van der Waals surface area contributed by atoms with E-state index in [2.05, 4.69) is 9.26 Å². The maximum Gasteiger partial charge on any atom is 0.342 e. The quantitative estimate of drug-likeness (QED) is 0.137. The van der Waals surface area contributed by atoms with Gasteiger partial charge in [0.15, 0.2) is 24.7 Å². The second kappa shape index (κ2) is 10.6. The molecule has 0 aliphatic carbocycles. The van der Waals surface area contributed by atoms with Gasteiger partial charge in [0.25, 0.3) is 5.56 Å². The van der Waals surface area contributed by atoms with Crippen LogP contribution in [0.3, 0.4) is 0 Å². The second-order valence-corrected chi connectivity index (χ2v) is 11.9. The van der Waals surface area contributed by atoms with Crippen LogP contribution in [0.2, 0.25) is 0 Å². The highest BCUT2D eigenvalue weighted by atomic mass is 31.2. The average molecular weight is 550 g/mol. The highest BCUT2D eigenvalue weighted by Gasteiger charge is 2.48. The van der Waals surface area contributed by atoms with Gasteiger partial charge < -0.3 is 54.4 Å². The van der Waals surface area contributed by atoms with Gasteiger partial charge >= 0.3 is 20.9 Å².